The first kappa shape index (κ1) is 26.2. The molecule has 0 atom stereocenters. The summed E-state index contributed by atoms with van der Waals surface area (Å²) in [7, 11) is -3.16. The zero-order valence-corrected chi connectivity index (χ0v) is 19.1. The Morgan fingerprint density at radius 3 is 2.38 bits per heavy atom. The van der Waals surface area contributed by atoms with Crippen LogP contribution in [0.4, 0.5) is 20.4 Å². The highest BCUT2D eigenvalue weighted by atomic mass is 35.5. The maximum Gasteiger partial charge on any atom is 0.300 e. The number of aliphatic carboxylic acids is 1. The lowest BCUT2D eigenvalue weighted by Gasteiger charge is -2.12. The third-order valence-electron chi connectivity index (χ3n) is 3.61. The number of sulfonamides is 1. The summed E-state index contributed by atoms with van der Waals surface area (Å²) in [4.78, 5) is 19.8. The van der Waals surface area contributed by atoms with Crippen LogP contribution in [0.25, 0.3) is 0 Å². The van der Waals surface area contributed by atoms with Gasteiger partial charge in [0.25, 0.3) is 16.0 Å². The number of carboxylic acids is 1. The molecule has 2 aromatic heterocycles. The number of hydrogen-bond donors (Lipinski definition) is 3. The van der Waals surface area contributed by atoms with Crippen LogP contribution in [0.3, 0.4) is 0 Å². The first-order valence-electron chi connectivity index (χ1n) is 8.94. The number of carboxylic acid groups (broad SMARTS) is 1. The molecule has 0 unspecified atom stereocenters. The minimum atomic E-state index is -4.37. The van der Waals surface area contributed by atoms with Crippen molar-refractivity contribution in [2.75, 3.05) is 17.6 Å². The molecule has 1 aromatic carbocycles. The zero-order valence-electron chi connectivity index (χ0n) is 17.5. The number of ether oxygens (including phenoxy) is 1. The van der Waals surface area contributed by atoms with Crippen molar-refractivity contribution >= 4 is 39.2 Å². The van der Waals surface area contributed by atoms with Gasteiger partial charge in [-0.2, -0.15) is 0 Å². The molecule has 0 fully saturated rings. The summed E-state index contributed by atoms with van der Waals surface area (Å²) in [6.45, 7) is 1.08. The second-order valence-corrected chi connectivity index (χ2v) is 8.24. The molecule has 0 aliphatic carbocycles. The number of halogens is 3. The van der Waals surface area contributed by atoms with Gasteiger partial charge in [-0.3, -0.25) is 9.52 Å². The van der Waals surface area contributed by atoms with Crippen molar-refractivity contribution in [3.8, 4) is 17.7 Å². The van der Waals surface area contributed by atoms with Gasteiger partial charge in [0.1, 0.15) is 5.82 Å². The number of aromatic nitrogens is 3. The van der Waals surface area contributed by atoms with Crippen molar-refractivity contribution < 1.29 is 31.8 Å². The normalized spacial score (nSPS) is 10.3. The average molecular weight is 512 g/mol. The Morgan fingerprint density at radius 2 is 1.79 bits per heavy atom. The Balaban J connectivity index is 0.000000945. The molecule has 0 bridgehead atoms. The summed E-state index contributed by atoms with van der Waals surface area (Å²) in [6.07, 6.45) is 3.73. The summed E-state index contributed by atoms with van der Waals surface area (Å²) in [5.41, 5.74) is 4.43. The van der Waals surface area contributed by atoms with E-state index in [1.54, 1.807) is 0 Å². The van der Waals surface area contributed by atoms with Crippen LogP contribution in [0.1, 0.15) is 18.1 Å². The molecule has 2 heterocycles. The summed E-state index contributed by atoms with van der Waals surface area (Å²) in [6, 6.07) is 2.88. The average Bonchev–Trinajstić information content (AvgIpc) is 2.76. The monoisotopic (exact) mass is 511 g/mol. The number of pyridine rings is 1. The minimum absolute atomic E-state index is 0.0141. The van der Waals surface area contributed by atoms with Gasteiger partial charge in [0.2, 0.25) is 11.8 Å². The predicted molar refractivity (Wildman–Crippen MR) is 119 cm³/mol. The molecule has 0 saturated carbocycles. The third kappa shape index (κ3) is 6.99. The van der Waals surface area contributed by atoms with Gasteiger partial charge < -0.3 is 15.6 Å². The molecule has 0 aliphatic heterocycles. The van der Waals surface area contributed by atoms with Crippen LogP contribution in [-0.4, -0.2) is 41.6 Å². The van der Waals surface area contributed by atoms with Crippen molar-refractivity contribution in [3.63, 3.8) is 0 Å². The minimum Gasteiger partial charge on any atom is -0.481 e. The molecule has 178 valence electrons. The van der Waals surface area contributed by atoms with E-state index < -0.39 is 43.8 Å². The number of benzene rings is 1. The molecule has 0 amide bonds. The summed E-state index contributed by atoms with van der Waals surface area (Å²) < 4.78 is 61.2. The van der Waals surface area contributed by atoms with E-state index in [2.05, 4.69) is 26.8 Å². The molecular formula is C20H16ClF2N5O5S. The van der Waals surface area contributed by atoms with Crippen LogP contribution in [0, 0.1) is 23.5 Å². The number of methoxy groups -OCH3 is 1. The number of nitrogens with zero attached hydrogens (tertiary/aromatic N) is 3. The second-order valence-electron chi connectivity index (χ2n) is 6.15. The highest BCUT2D eigenvalue weighted by Gasteiger charge is 2.24. The van der Waals surface area contributed by atoms with E-state index in [9.17, 15) is 17.2 Å². The summed E-state index contributed by atoms with van der Waals surface area (Å²) >= 11 is 5.80. The van der Waals surface area contributed by atoms with E-state index in [4.69, 9.17) is 32.0 Å². The number of hydrogen-bond acceptors (Lipinski definition) is 8. The fraction of sp³-hybridized carbons (Fsp3) is 0.100. The van der Waals surface area contributed by atoms with Crippen LogP contribution < -0.4 is 15.2 Å². The van der Waals surface area contributed by atoms with Crippen LogP contribution >= 0.6 is 11.6 Å². The van der Waals surface area contributed by atoms with E-state index >= 15 is 0 Å². The van der Waals surface area contributed by atoms with Gasteiger partial charge in [0, 0.05) is 25.5 Å². The van der Waals surface area contributed by atoms with Crippen LogP contribution in [0.5, 0.6) is 5.88 Å². The van der Waals surface area contributed by atoms with Crippen molar-refractivity contribution in [2.45, 2.75) is 11.8 Å². The fourth-order valence-electron chi connectivity index (χ4n) is 2.24. The maximum absolute atomic E-state index is 14.8. The SMILES string of the molecule is CC(=O)O.COc1ncc(Cl)cc1S(=O)(=O)Nc1ccc(F)c(C#Cc2cnc(N)nc2)c1F. The number of nitrogen functional groups attached to an aromatic ring is 1. The first-order valence-corrected chi connectivity index (χ1v) is 10.8. The van der Waals surface area contributed by atoms with Crippen LogP contribution in [0.2, 0.25) is 5.02 Å². The van der Waals surface area contributed by atoms with Crippen molar-refractivity contribution in [1.29, 1.82) is 0 Å². The predicted octanol–water partition coefficient (Wildman–Crippen LogP) is 2.69. The van der Waals surface area contributed by atoms with E-state index in [-0.39, 0.29) is 22.4 Å². The van der Waals surface area contributed by atoms with Gasteiger partial charge in [0.15, 0.2) is 10.7 Å². The number of rotatable bonds is 4. The van der Waals surface area contributed by atoms with E-state index in [1.165, 1.54) is 25.7 Å². The molecule has 3 rings (SSSR count). The van der Waals surface area contributed by atoms with Crippen LogP contribution in [0.15, 0.2) is 41.7 Å². The molecule has 0 aliphatic rings. The van der Waals surface area contributed by atoms with Crippen molar-refractivity contribution in [1.82, 2.24) is 15.0 Å². The quantitative estimate of drug-likeness (QED) is 0.448. The highest BCUT2D eigenvalue weighted by molar-refractivity contribution is 7.92. The smallest absolute Gasteiger partial charge is 0.300 e. The van der Waals surface area contributed by atoms with Gasteiger partial charge in [-0.15, -0.1) is 0 Å². The standard InChI is InChI=1S/C18H12ClF2N5O3S.C2H4O2/c1-29-17-15(6-11(19)9-23-17)30(27,28)26-14-5-4-13(20)12(16(14)21)3-2-10-7-24-18(22)25-8-10;1-2(3)4/h4-9,26H,1H3,(H2,22,24,25);1H3,(H,3,4). The first-order chi connectivity index (χ1) is 15.9. The second kappa shape index (κ2) is 11.2. The van der Waals surface area contributed by atoms with Gasteiger partial charge in [0.05, 0.1) is 28.9 Å². The molecular weight excluding hydrogens is 496 g/mol. The van der Waals surface area contributed by atoms with Crippen molar-refractivity contribution in [2.24, 2.45) is 0 Å². The third-order valence-corrected chi connectivity index (χ3v) is 5.17. The van der Waals surface area contributed by atoms with E-state index in [0.717, 1.165) is 25.1 Å². The fourth-order valence-corrected chi connectivity index (χ4v) is 3.66. The lowest BCUT2D eigenvalue weighted by Crippen LogP contribution is -2.16. The van der Waals surface area contributed by atoms with E-state index in [1.807, 2.05) is 4.72 Å². The largest absolute Gasteiger partial charge is 0.481 e. The molecule has 0 radical (unpaired) electrons. The van der Waals surface area contributed by atoms with Crippen LogP contribution in [-0.2, 0) is 14.8 Å². The molecule has 10 nitrogen and oxygen atoms in total. The Hall–Kier alpha value is -4.02. The van der Waals surface area contributed by atoms with Gasteiger partial charge >= 0.3 is 0 Å². The molecule has 14 heteroatoms. The Morgan fingerprint density at radius 1 is 1.18 bits per heavy atom. The van der Waals surface area contributed by atoms with Gasteiger partial charge in [-0.25, -0.2) is 32.2 Å². The number of nitrogens with two attached hydrogens (primary N) is 1. The molecule has 34 heavy (non-hydrogen) atoms. The van der Waals surface area contributed by atoms with Gasteiger partial charge in [-0.05, 0) is 18.2 Å². The lowest BCUT2D eigenvalue weighted by atomic mass is 10.1. The Kier molecular flexibility index (Phi) is 8.65. The topological polar surface area (TPSA) is 157 Å². The Labute approximate surface area is 197 Å². The molecule has 0 saturated heterocycles. The lowest BCUT2D eigenvalue weighted by molar-refractivity contribution is -0.134. The molecule has 3 aromatic rings. The summed E-state index contributed by atoms with van der Waals surface area (Å²) in [5.74, 6) is 1.51. The van der Waals surface area contributed by atoms with Gasteiger partial charge in [-0.1, -0.05) is 23.4 Å². The van der Waals surface area contributed by atoms with Crippen molar-refractivity contribution in [3.05, 3.63) is 64.6 Å². The van der Waals surface area contributed by atoms with E-state index in [0.29, 0.717) is 0 Å². The summed E-state index contributed by atoms with van der Waals surface area (Å²) in [5, 5.41) is 7.44. The number of carbonyl (C=O) groups is 1. The maximum atomic E-state index is 14.8. The highest BCUT2D eigenvalue weighted by Crippen LogP contribution is 2.28. The number of anilines is 2. The Bertz CT molecular complexity index is 1370. The molecule has 4 N–H and O–H groups in total. The molecule has 0 spiro atoms. The number of nitrogens with one attached hydrogen (secondary N) is 1. The zero-order chi connectivity index (χ0) is 25.5.